The summed E-state index contributed by atoms with van der Waals surface area (Å²) in [5.74, 6) is 0.305. The highest BCUT2D eigenvalue weighted by Crippen LogP contribution is 2.29. The van der Waals surface area contributed by atoms with Crippen LogP contribution in [0, 0.1) is 0 Å². The van der Waals surface area contributed by atoms with Crippen molar-refractivity contribution >= 4 is 34.1 Å². The number of fused-ring (bicyclic) bond motifs is 1. The molecule has 162 valence electrons. The van der Waals surface area contributed by atoms with Gasteiger partial charge in [0.15, 0.2) is 0 Å². The summed E-state index contributed by atoms with van der Waals surface area (Å²) in [6, 6.07) is 15.1. The molecule has 3 N–H and O–H groups in total. The second-order valence-electron chi connectivity index (χ2n) is 7.80. The van der Waals surface area contributed by atoms with Gasteiger partial charge in [-0.15, -0.1) is 0 Å². The molecule has 0 bridgehead atoms. The maximum Gasteiger partial charge on any atom is 0.227 e. The molecule has 4 aromatic rings. The number of rotatable bonds is 6. The number of pyridine rings is 1. The van der Waals surface area contributed by atoms with Crippen LogP contribution >= 0.6 is 0 Å². The third-order valence-corrected chi connectivity index (χ3v) is 4.75. The monoisotopic (exact) mass is 428 g/mol. The van der Waals surface area contributed by atoms with Crippen LogP contribution in [0.4, 0.5) is 17.3 Å². The first-order chi connectivity index (χ1) is 15.4. The van der Waals surface area contributed by atoms with Crippen molar-refractivity contribution in [3.8, 4) is 17.0 Å². The third kappa shape index (κ3) is 4.98. The van der Waals surface area contributed by atoms with Crippen molar-refractivity contribution < 1.29 is 9.90 Å². The van der Waals surface area contributed by atoms with Gasteiger partial charge in [-0.2, -0.15) is 0 Å². The molecule has 1 amide bonds. The van der Waals surface area contributed by atoms with Crippen LogP contribution in [0.25, 0.3) is 22.0 Å². The molecule has 0 aliphatic heterocycles. The molecule has 2 aromatic heterocycles. The normalized spacial score (nSPS) is 11.0. The van der Waals surface area contributed by atoms with E-state index < -0.39 is 0 Å². The molecule has 0 spiro atoms. The molecule has 8 heteroatoms. The fraction of sp³-hybridized carbons (Fsp3) is 0.167. The van der Waals surface area contributed by atoms with Gasteiger partial charge in [-0.25, -0.2) is 15.0 Å². The lowest BCUT2D eigenvalue weighted by Crippen LogP contribution is -2.12. The predicted molar refractivity (Wildman–Crippen MR) is 126 cm³/mol. The van der Waals surface area contributed by atoms with Gasteiger partial charge in [0.05, 0.1) is 5.52 Å². The minimum atomic E-state index is -0.129. The minimum Gasteiger partial charge on any atom is -0.493 e. The summed E-state index contributed by atoms with van der Waals surface area (Å²) >= 11 is 0. The average molecular weight is 428 g/mol. The Morgan fingerprint density at radius 1 is 1.06 bits per heavy atom. The van der Waals surface area contributed by atoms with E-state index in [1.165, 1.54) is 6.92 Å². The number of aromatic nitrogens is 3. The zero-order valence-electron chi connectivity index (χ0n) is 18.1. The summed E-state index contributed by atoms with van der Waals surface area (Å²) in [6.07, 6.45) is 3.28. The summed E-state index contributed by atoms with van der Waals surface area (Å²) in [6.45, 7) is 2.21. The molecule has 4 rings (SSSR count). The number of benzene rings is 2. The number of carbonyl (C=O) groups excluding carboxylic acids is 1. The van der Waals surface area contributed by atoms with Crippen LogP contribution in [0.2, 0.25) is 0 Å². The first kappa shape index (κ1) is 21.2. The van der Waals surface area contributed by atoms with Gasteiger partial charge < -0.3 is 20.6 Å². The zero-order valence-corrected chi connectivity index (χ0v) is 18.1. The van der Waals surface area contributed by atoms with E-state index in [9.17, 15) is 9.90 Å². The Bertz CT molecular complexity index is 1290. The maximum atomic E-state index is 11.5. The number of hydrogen-bond donors (Lipinski definition) is 3. The second-order valence-corrected chi connectivity index (χ2v) is 7.80. The Labute approximate surface area is 186 Å². The van der Waals surface area contributed by atoms with Gasteiger partial charge in [-0.3, -0.25) is 4.79 Å². The smallest absolute Gasteiger partial charge is 0.227 e. The summed E-state index contributed by atoms with van der Waals surface area (Å²) in [7, 11) is 3.98. The van der Waals surface area contributed by atoms with Gasteiger partial charge in [0, 0.05) is 48.2 Å². The Morgan fingerprint density at radius 3 is 2.62 bits per heavy atom. The number of anilines is 3. The molecule has 32 heavy (non-hydrogen) atoms. The van der Waals surface area contributed by atoms with Crippen molar-refractivity contribution in [2.45, 2.75) is 13.5 Å². The highest BCUT2D eigenvalue weighted by molar-refractivity contribution is 5.90. The Morgan fingerprint density at radius 2 is 1.88 bits per heavy atom. The van der Waals surface area contributed by atoms with Crippen LogP contribution in [-0.2, 0) is 11.3 Å². The molecule has 2 aromatic carbocycles. The summed E-state index contributed by atoms with van der Waals surface area (Å²) in [5.41, 5.74) is 4.79. The lowest BCUT2D eigenvalue weighted by Gasteiger charge is -2.14. The van der Waals surface area contributed by atoms with Crippen molar-refractivity contribution in [2.24, 2.45) is 0 Å². The standard InChI is InChI=1S/C24H24N6O2/c1-15(31)27-19-9-16(14-30(2)3)10-20(12-19)28-24-26-13-18-11-17(6-7-22(18)29-24)21-5-4-8-25-23(21)32/h4-13H,14H2,1-3H3,(H,25,32)(H,27,31)(H,26,28,29). The first-order valence-corrected chi connectivity index (χ1v) is 10.1. The van der Waals surface area contributed by atoms with Gasteiger partial charge in [0.25, 0.3) is 0 Å². The Hall–Kier alpha value is -4.04. The van der Waals surface area contributed by atoms with E-state index >= 15 is 0 Å². The number of carbonyl (C=O) groups is 1. The van der Waals surface area contributed by atoms with Gasteiger partial charge in [0.1, 0.15) is 0 Å². The molecular formula is C24H24N6O2. The molecule has 0 saturated carbocycles. The average Bonchev–Trinajstić information content (AvgIpc) is 2.72. The topological polar surface area (TPSA) is 103 Å². The highest BCUT2D eigenvalue weighted by atomic mass is 16.3. The molecule has 0 saturated heterocycles. The number of nitrogens with zero attached hydrogens (tertiary/aromatic N) is 4. The van der Waals surface area contributed by atoms with E-state index in [0.29, 0.717) is 17.2 Å². The fourth-order valence-electron chi connectivity index (χ4n) is 3.51. The van der Waals surface area contributed by atoms with Crippen molar-refractivity contribution in [3.63, 3.8) is 0 Å². The van der Waals surface area contributed by atoms with Crippen LogP contribution in [0.15, 0.2) is 60.9 Å². The number of nitrogens with one attached hydrogen (secondary N) is 2. The molecule has 8 nitrogen and oxygen atoms in total. The van der Waals surface area contributed by atoms with Crippen LogP contribution in [-0.4, -0.2) is 45.0 Å². The quantitative estimate of drug-likeness (QED) is 0.424. The minimum absolute atomic E-state index is 0.0152. The summed E-state index contributed by atoms with van der Waals surface area (Å²) < 4.78 is 0. The number of aromatic hydroxyl groups is 1. The van der Waals surface area contributed by atoms with E-state index in [-0.39, 0.29) is 11.8 Å². The molecule has 2 heterocycles. The van der Waals surface area contributed by atoms with Crippen molar-refractivity contribution in [2.75, 3.05) is 24.7 Å². The largest absolute Gasteiger partial charge is 0.493 e. The number of hydrogen-bond acceptors (Lipinski definition) is 7. The van der Waals surface area contributed by atoms with Crippen molar-refractivity contribution in [1.82, 2.24) is 19.9 Å². The zero-order chi connectivity index (χ0) is 22.7. The fourth-order valence-corrected chi connectivity index (χ4v) is 3.51. The van der Waals surface area contributed by atoms with Crippen molar-refractivity contribution in [3.05, 3.63) is 66.5 Å². The van der Waals surface area contributed by atoms with E-state index in [1.54, 1.807) is 18.5 Å². The Balaban J connectivity index is 1.63. The third-order valence-electron chi connectivity index (χ3n) is 4.75. The highest BCUT2D eigenvalue weighted by Gasteiger charge is 2.09. The SMILES string of the molecule is CC(=O)Nc1cc(CN(C)C)cc(Nc2ncc3cc(-c4cccnc4O)ccc3n2)c1. The molecule has 0 unspecified atom stereocenters. The second kappa shape index (κ2) is 8.99. The van der Waals surface area contributed by atoms with Crippen molar-refractivity contribution in [1.29, 1.82) is 0 Å². The van der Waals surface area contributed by atoms with E-state index in [0.717, 1.165) is 34.3 Å². The van der Waals surface area contributed by atoms with Crippen LogP contribution in [0.1, 0.15) is 12.5 Å². The molecular weight excluding hydrogens is 404 g/mol. The predicted octanol–water partition coefficient (Wildman–Crippen LogP) is 4.16. The van der Waals surface area contributed by atoms with E-state index in [1.807, 2.05) is 56.6 Å². The Kier molecular flexibility index (Phi) is 5.96. The van der Waals surface area contributed by atoms with Gasteiger partial charge in [0.2, 0.25) is 17.7 Å². The lowest BCUT2D eigenvalue weighted by atomic mass is 10.1. The summed E-state index contributed by atoms with van der Waals surface area (Å²) in [5, 5.41) is 16.9. The first-order valence-electron chi connectivity index (χ1n) is 10.1. The van der Waals surface area contributed by atoms with E-state index in [2.05, 4.69) is 30.5 Å². The van der Waals surface area contributed by atoms with Gasteiger partial charge >= 0.3 is 0 Å². The van der Waals surface area contributed by atoms with Gasteiger partial charge in [-0.1, -0.05) is 6.07 Å². The summed E-state index contributed by atoms with van der Waals surface area (Å²) in [4.78, 5) is 26.6. The van der Waals surface area contributed by atoms with E-state index in [4.69, 9.17) is 0 Å². The molecule has 0 atom stereocenters. The van der Waals surface area contributed by atoms with Crippen LogP contribution in [0.5, 0.6) is 5.88 Å². The molecule has 0 radical (unpaired) electrons. The van der Waals surface area contributed by atoms with Crippen LogP contribution < -0.4 is 10.6 Å². The molecule has 0 aliphatic rings. The number of amides is 1. The molecule has 0 fully saturated rings. The molecule has 0 aliphatic carbocycles. The maximum absolute atomic E-state index is 11.5. The van der Waals surface area contributed by atoms with Crippen LogP contribution in [0.3, 0.4) is 0 Å². The lowest BCUT2D eigenvalue weighted by molar-refractivity contribution is -0.114. The van der Waals surface area contributed by atoms with Gasteiger partial charge in [-0.05, 0) is 67.7 Å².